The number of aromatic nitrogens is 2. The molecule has 35 heavy (non-hydrogen) atoms. The molecule has 2 heteroatoms. The van der Waals surface area contributed by atoms with E-state index in [-0.39, 0.29) is 5.41 Å². The first-order valence-corrected chi connectivity index (χ1v) is 12.4. The van der Waals surface area contributed by atoms with E-state index in [4.69, 9.17) is 0 Å². The van der Waals surface area contributed by atoms with E-state index in [0.717, 1.165) is 0 Å². The van der Waals surface area contributed by atoms with Gasteiger partial charge in [0.05, 0.1) is 27.3 Å². The predicted octanol–water partition coefficient (Wildman–Crippen LogP) is 8.09. The van der Waals surface area contributed by atoms with Crippen LogP contribution in [0.4, 0.5) is 0 Å². The largest absolute Gasteiger partial charge is 0.307 e. The van der Waals surface area contributed by atoms with Crippen molar-refractivity contribution < 1.29 is 4.57 Å². The van der Waals surface area contributed by atoms with Crippen LogP contribution in [0.2, 0.25) is 0 Å². The summed E-state index contributed by atoms with van der Waals surface area (Å²) in [6, 6.07) is 29.6. The molecule has 0 aliphatic heterocycles. The normalized spacial score (nSPS) is 12.7. The Bertz CT molecular complexity index is 1930. The van der Waals surface area contributed by atoms with Gasteiger partial charge in [0.1, 0.15) is 7.05 Å². The molecule has 0 fully saturated rings. The molecule has 0 spiro atoms. The summed E-state index contributed by atoms with van der Waals surface area (Å²) in [4.78, 5) is 0. The number of pyridine rings is 2. The van der Waals surface area contributed by atoms with E-state index in [0.29, 0.717) is 0 Å². The number of rotatable bonds is 1. The average Bonchev–Trinajstić information content (AvgIpc) is 3.19. The maximum atomic E-state index is 2.51. The smallest absolute Gasteiger partial charge is 0.224 e. The fraction of sp³-hybridized carbons (Fsp3) is 0.182. The molecule has 0 aliphatic rings. The summed E-state index contributed by atoms with van der Waals surface area (Å²) < 4.78 is 4.81. The highest BCUT2D eigenvalue weighted by Gasteiger charge is 2.24. The number of hydrogen-bond acceptors (Lipinski definition) is 0. The Hall–Kier alpha value is -3.91. The minimum atomic E-state index is 0.148. The van der Waals surface area contributed by atoms with Crippen LogP contribution in [-0.4, -0.2) is 4.40 Å². The Labute approximate surface area is 205 Å². The van der Waals surface area contributed by atoms with Crippen LogP contribution in [0.5, 0.6) is 0 Å². The van der Waals surface area contributed by atoms with Gasteiger partial charge in [0, 0.05) is 16.8 Å². The van der Waals surface area contributed by atoms with Crippen LogP contribution in [0.1, 0.15) is 31.9 Å². The molecule has 3 aromatic heterocycles. The quantitative estimate of drug-likeness (QED) is 0.135. The van der Waals surface area contributed by atoms with Gasteiger partial charge in [-0.3, -0.25) is 0 Å². The molecule has 4 aromatic carbocycles. The molecule has 170 valence electrons. The van der Waals surface area contributed by atoms with Gasteiger partial charge in [-0.2, -0.15) is 0 Å². The summed E-state index contributed by atoms with van der Waals surface area (Å²) >= 11 is 0. The van der Waals surface area contributed by atoms with Crippen LogP contribution in [-0.2, 0) is 12.5 Å². The lowest BCUT2D eigenvalue weighted by Crippen LogP contribution is -2.28. The molecule has 0 saturated heterocycles. The van der Waals surface area contributed by atoms with Crippen molar-refractivity contribution in [3.05, 3.63) is 96.2 Å². The van der Waals surface area contributed by atoms with Crippen LogP contribution in [0.25, 0.3) is 60.1 Å². The topological polar surface area (TPSA) is 8.29 Å². The first kappa shape index (κ1) is 20.5. The highest BCUT2D eigenvalue weighted by Crippen LogP contribution is 2.42. The molecule has 0 N–H and O–H groups in total. The molecule has 7 aromatic rings. The number of fused-ring (bicyclic) bond motifs is 5. The Morgan fingerprint density at radius 3 is 2.26 bits per heavy atom. The second-order valence-corrected chi connectivity index (χ2v) is 11.1. The van der Waals surface area contributed by atoms with Gasteiger partial charge in [-0.1, -0.05) is 75.4 Å². The standard InChI is InChI=1S/C33H29N2/c1-20-10-15-26-25-8-6-7-9-27(25)35-28-19-23(21-11-13-24(14-12-21)33(2,3)4)18-22-16-17-34(5)32(30(22)28)29(20)31(26)35/h6-19H,1-5H3/q+1. The van der Waals surface area contributed by atoms with Gasteiger partial charge in [-0.15, -0.1) is 0 Å². The van der Waals surface area contributed by atoms with Crippen molar-refractivity contribution in [1.29, 1.82) is 0 Å². The third kappa shape index (κ3) is 2.74. The fourth-order valence-corrected chi connectivity index (χ4v) is 6.00. The first-order valence-electron chi connectivity index (χ1n) is 12.4. The van der Waals surface area contributed by atoms with E-state index in [9.17, 15) is 0 Å². The summed E-state index contributed by atoms with van der Waals surface area (Å²) in [7, 11) is 2.17. The summed E-state index contributed by atoms with van der Waals surface area (Å²) in [5.41, 5.74) is 10.5. The Morgan fingerprint density at radius 1 is 0.714 bits per heavy atom. The van der Waals surface area contributed by atoms with E-state index in [2.05, 4.69) is 129 Å². The number of hydrogen-bond donors (Lipinski definition) is 0. The van der Waals surface area contributed by atoms with Crippen LogP contribution in [0.15, 0.2) is 85.1 Å². The third-order valence-electron chi connectivity index (χ3n) is 7.82. The molecule has 0 amide bonds. The second kappa shape index (κ2) is 6.82. The monoisotopic (exact) mass is 453 g/mol. The minimum absolute atomic E-state index is 0.148. The van der Waals surface area contributed by atoms with Gasteiger partial charge in [0.25, 0.3) is 0 Å². The Morgan fingerprint density at radius 2 is 1.49 bits per heavy atom. The van der Waals surface area contributed by atoms with Crippen molar-refractivity contribution in [3.8, 4) is 11.1 Å². The minimum Gasteiger partial charge on any atom is -0.307 e. The summed E-state index contributed by atoms with van der Waals surface area (Å²) in [6.07, 6.45) is 2.21. The molecule has 0 radical (unpaired) electrons. The lowest BCUT2D eigenvalue weighted by Gasteiger charge is -2.19. The van der Waals surface area contributed by atoms with Gasteiger partial charge >= 0.3 is 0 Å². The average molecular weight is 454 g/mol. The molecule has 0 saturated carbocycles. The zero-order valence-electron chi connectivity index (χ0n) is 21.0. The molecular weight excluding hydrogens is 424 g/mol. The van der Waals surface area contributed by atoms with E-state index in [1.54, 1.807) is 0 Å². The van der Waals surface area contributed by atoms with Crippen LogP contribution in [0, 0.1) is 6.92 Å². The molecular formula is C33H29N2+. The maximum absolute atomic E-state index is 2.51. The van der Waals surface area contributed by atoms with E-state index < -0.39 is 0 Å². The van der Waals surface area contributed by atoms with Crippen LogP contribution < -0.4 is 4.57 Å². The van der Waals surface area contributed by atoms with Gasteiger partial charge in [-0.05, 0) is 58.2 Å². The van der Waals surface area contributed by atoms with Gasteiger partial charge in [0.2, 0.25) is 5.52 Å². The number of benzene rings is 4. The zero-order chi connectivity index (χ0) is 24.1. The van der Waals surface area contributed by atoms with E-state index in [1.165, 1.54) is 71.3 Å². The van der Waals surface area contributed by atoms with Gasteiger partial charge in [0.15, 0.2) is 6.20 Å². The van der Waals surface area contributed by atoms with Crippen molar-refractivity contribution in [1.82, 2.24) is 4.40 Å². The SMILES string of the molecule is Cc1ccc2c3ccccc3n3c4cc(-c5ccc(C(C)(C)C)cc5)cc5cc[n+](C)c(c1c23)c54. The molecule has 0 aliphatic carbocycles. The highest BCUT2D eigenvalue weighted by molar-refractivity contribution is 6.26. The number of para-hydroxylation sites is 1. The van der Waals surface area contributed by atoms with Crippen molar-refractivity contribution in [2.75, 3.05) is 0 Å². The Kier molecular flexibility index (Phi) is 3.99. The van der Waals surface area contributed by atoms with Gasteiger partial charge in [-0.25, -0.2) is 4.57 Å². The van der Waals surface area contributed by atoms with Crippen molar-refractivity contribution in [3.63, 3.8) is 0 Å². The fourth-order valence-electron chi connectivity index (χ4n) is 6.00. The van der Waals surface area contributed by atoms with Crippen LogP contribution >= 0.6 is 0 Å². The van der Waals surface area contributed by atoms with Crippen LogP contribution in [0.3, 0.4) is 0 Å². The molecule has 2 nitrogen and oxygen atoms in total. The number of nitrogens with zero attached hydrogens (tertiary/aromatic N) is 2. The molecule has 0 unspecified atom stereocenters. The van der Waals surface area contributed by atoms with E-state index in [1.807, 2.05) is 0 Å². The molecule has 0 atom stereocenters. The molecule has 7 rings (SSSR count). The van der Waals surface area contributed by atoms with Gasteiger partial charge < -0.3 is 4.40 Å². The van der Waals surface area contributed by atoms with Crippen molar-refractivity contribution in [2.24, 2.45) is 7.05 Å². The lowest BCUT2D eigenvalue weighted by molar-refractivity contribution is -0.643. The predicted molar refractivity (Wildman–Crippen MR) is 149 cm³/mol. The molecule has 0 bridgehead atoms. The third-order valence-corrected chi connectivity index (χ3v) is 7.82. The lowest BCUT2D eigenvalue weighted by atomic mass is 9.86. The maximum Gasteiger partial charge on any atom is 0.224 e. The number of aryl methyl sites for hydroxylation is 2. The zero-order valence-corrected chi connectivity index (χ0v) is 21.0. The van der Waals surface area contributed by atoms with E-state index >= 15 is 0 Å². The second-order valence-electron chi connectivity index (χ2n) is 11.1. The Balaban J connectivity index is 1.69. The van der Waals surface area contributed by atoms with Crippen molar-refractivity contribution in [2.45, 2.75) is 33.1 Å². The highest BCUT2D eigenvalue weighted by atomic mass is 15.0. The summed E-state index contributed by atoms with van der Waals surface area (Å²) in [5.74, 6) is 0. The summed E-state index contributed by atoms with van der Waals surface area (Å²) in [6.45, 7) is 9.05. The summed E-state index contributed by atoms with van der Waals surface area (Å²) in [5, 5.41) is 6.59. The van der Waals surface area contributed by atoms with Crippen molar-refractivity contribution >= 4 is 49.0 Å². The molecule has 3 heterocycles. The first-order chi connectivity index (χ1) is 16.8.